The summed E-state index contributed by atoms with van der Waals surface area (Å²) in [7, 11) is 0. The van der Waals surface area contributed by atoms with Gasteiger partial charge in [-0.05, 0) is 107 Å². The van der Waals surface area contributed by atoms with Gasteiger partial charge in [-0.25, -0.2) is 15.0 Å². The monoisotopic (exact) mass is 985 g/mol. The van der Waals surface area contributed by atoms with Crippen molar-refractivity contribution in [2.75, 3.05) is 0 Å². The largest absolute Gasteiger partial charge is 0.416 e. The number of nitriles is 2. The smallest absolute Gasteiger partial charge is 0.309 e. The van der Waals surface area contributed by atoms with Gasteiger partial charge in [0, 0.05) is 49.4 Å². The molecule has 10 heteroatoms. The van der Waals surface area contributed by atoms with Crippen LogP contribution in [-0.2, 0) is 6.18 Å². The number of fused-ring (bicyclic) bond motifs is 6. The van der Waals surface area contributed by atoms with Crippen molar-refractivity contribution >= 4 is 43.6 Å². The van der Waals surface area contributed by atoms with Crippen LogP contribution in [0.3, 0.4) is 0 Å². The standard InChI is InChI=1S/C66H38F3N7/c67-66(68,69)50-28-32-61(75-57-23-9-7-21-51(57)54-35-47(26-30-59(54)75)45-19-11-13-41(33-45)39-70)56(38-50)53-29-25-49(65-73-63(43-15-3-1-4-16-43)72-64(74-65)44-17-5-2-6-18-44)37-62(53)76-58-24-10-8-22-52(58)55-36-48(27-31-60(55)76)46-20-12-14-42(34-46)40-71/h1-38H. The van der Waals surface area contributed by atoms with E-state index in [1.807, 2.05) is 187 Å². The summed E-state index contributed by atoms with van der Waals surface area (Å²) in [4.78, 5) is 15.1. The summed E-state index contributed by atoms with van der Waals surface area (Å²) in [6.45, 7) is 0. The lowest BCUT2D eigenvalue weighted by atomic mass is 9.96. The summed E-state index contributed by atoms with van der Waals surface area (Å²) in [5.41, 5.74) is 11.2. The minimum atomic E-state index is -4.68. The summed E-state index contributed by atoms with van der Waals surface area (Å²) >= 11 is 0. The molecule has 0 saturated carbocycles. The maximum atomic E-state index is 15.3. The third kappa shape index (κ3) is 7.90. The van der Waals surface area contributed by atoms with Gasteiger partial charge in [0.2, 0.25) is 0 Å². The van der Waals surface area contributed by atoms with Crippen molar-refractivity contribution in [3.05, 3.63) is 247 Å². The fraction of sp³-hybridized carbons (Fsp3) is 0.0152. The first-order valence-corrected chi connectivity index (χ1v) is 24.5. The van der Waals surface area contributed by atoms with Gasteiger partial charge in [-0.2, -0.15) is 23.7 Å². The van der Waals surface area contributed by atoms with Gasteiger partial charge in [-0.1, -0.05) is 146 Å². The second kappa shape index (κ2) is 18.3. The van der Waals surface area contributed by atoms with Crippen molar-refractivity contribution in [3.8, 4) is 91.1 Å². The summed E-state index contributed by atoms with van der Waals surface area (Å²) in [6, 6.07) is 76.6. The van der Waals surface area contributed by atoms with E-state index in [0.717, 1.165) is 83.1 Å². The molecule has 13 aromatic rings. The van der Waals surface area contributed by atoms with E-state index in [0.29, 0.717) is 56.7 Å². The number of rotatable bonds is 8. The average molecular weight is 986 g/mol. The molecule has 0 N–H and O–H groups in total. The molecule has 10 aromatic carbocycles. The van der Waals surface area contributed by atoms with Crippen LogP contribution >= 0.6 is 0 Å². The fourth-order valence-corrected chi connectivity index (χ4v) is 10.5. The Morgan fingerprint density at radius 2 is 0.763 bits per heavy atom. The third-order valence-corrected chi connectivity index (χ3v) is 14.0. The van der Waals surface area contributed by atoms with Gasteiger partial charge in [-0.15, -0.1) is 0 Å². The van der Waals surface area contributed by atoms with Crippen LogP contribution in [0.25, 0.3) is 123 Å². The molecule has 7 nitrogen and oxygen atoms in total. The Balaban J connectivity index is 1.11. The summed E-state index contributed by atoms with van der Waals surface area (Å²) in [5, 5.41) is 23.2. The molecule has 0 spiro atoms. The van der Waals surface area contributed by atoms with Crippen LogP contribution in [0.4, 0.5) is 13.2 Å². The van der Waals surface area contributed by atoms with Crippen molar-refractivity contribution < 1.29 is 13.2 Å². The highest BCUT2D eigenvalue weighted by molar-refractivity contribution is 6.13. The van der Waals surface area contributed by atoms with Gasteiger partial charge >= 0.3 is 6.18 Å². The second-order valence-corrected chi connectivity index (χ2v) is 18.6. The lowest BCUT2D eigenvalue weighted by molar-refractivity contribution is -0.137. The molecule has 0 amide bonds. The van der Waals surface area contributed by atoms with Crippen LogP contribution in [0.1, 0.15) is 16.7 Å². The van der Waals surface area contributed by atoms with E-state index in [-0.39, 0.29) is 0 Å². The zero-order chi connectivity index (χ0) is 51.5. The molecule has 76 heavy (non-hydrogen) atoms. The maximum absolute atomic E-state index is 15.3. The SMILES string of the molecule is N#Cc1cccc(-c2ccc3c(c2)c2ccccc2n3-c2ccc(C(F)(F)F)cc2-c2ccc(-c3nc(-c4ccccc4)nc(-c4ccccc4)n3)cc2-n2c3ccccc3c3cc(-c4cccc(C#N)c4)ccc32)c1. The van der Waals surface area contributed by atoms with Crippen LogP contribution in [-0.4, -0.2) is 24.1 Å². The topological polar surface area (TPSA) is 96.1 Å². The van der Waals surface area contributed by atoms with Crippen molar-refractivity contribution in [1.82, 2.24) is 24.1 Å². The molecule has 0 atom stereocenters. The van der Waals surface area contributed by atoms with E-state index >= 15 is 13.2 Å². The molecule has 0 bridgehead atoms. The van der Waals surface area contributed by atoms with Crippen molar-refractivity contribution in [2.24, 2.45) is 0 Å². The molecule has 0 aliphatic heterocycles. The van der Waals surface area contributed by atoms with E-state index in [9.17, 15) is 10.5 Å². The molecule has 0 aliphatic rings. The summed E-state index contributed by atoms with van der Waals surface area (Å²) < 4.78 is 50.1. The highest BCUT2D eigenvalue weighted by Gasteiger charge is 2.33. The minimum Gasteiger partial charge on any atom is -0.309 e. The van der Waals surface area contributed by atoms with Crippen molar-refractivity contribution in [1.29, 1.82) is 10.5 Å². The predicted octanol–water partition coefficient (Wildman–Crippen LogP) is 16.8. The maximum Gasteiger partial charge on any atom is 0.416 e. The van der Waals surface area contributed by atoms with E-state index in [1.54, 1.807) is 18.2 Å². The predicted molar refractivity (Wildman–Crippen MR) is 296 cm³/mol. The first-order chi connectivity index (χ1) is 37.2. The Morgan fingerprint density at radius 1 is 0.329 bits per heavy atom. The van der Waals surface area contributed by atoms with Crippen molar-refractivity contribution in [3.63, 3.8) is 0 Å². The Kier molecular flexibility index (Phi) is 10.9. The molecule has 0 unspecified atom stereocenters. The Hall–Kier alpha value is -10.4. The molecule has 13 rings (SSSR count). The van der Waals surface area contributed by atoms with Gasteiger partial charge < -0.3 is 9.13 Å². The van der Waals surface area contributed by atoms with Gasteiger partial charge in [0.05, 0.1) is 62.3 Å². The molecule has 0 fully saturated rings. The number of para-hydroxylation sites is 2. The zero-order valence-electron chi connectivity index (χ0n) is 40.2. The molecule has 0 aliphatic carbocycles. The molecule has 0 saturated heterocycles. The molecule has 3 aromatic heterocycles. The Morgan fingerprint density at radius 3 is 1.28 bits per heavy atom. The minimum absolute atomic E-state index is 0.339. The van der Waals surface area contributed by atoms with Crippen LogP contribution in [0.2, 0.25) is 0 Å². The first-order valence-electron chi connectivity index (χ1n) is 24.5. The zero-order valence-corrected chi connectivity index (χ0v) is 40.2. The van der Waals surface area contributed by atoms with Crippen LogP contribution < -0.4 is 0 Å². The summed E-state index contributed by atoms with van der Waals surface area (Å²) in [5.74, 6) is 1.31. The van der Waals surface area contributed by atoms with Crippen molar-refractivity contribution in [2.45, 2.75) is 6.18 Å². The number of aromatic nitrogens is 5. The quantitative estimate of drug-likeness (QED) is 0.151. The fourth-order valence-electron chi connectivity index (χ4n) is 10.5. The van der Waals surface area contributed by atoms with Gasteiger partial charge in [0.25, 0.3) is 0 Å². The van der Waals surface area contributed by atoms with Gasteiger partial charge in [0.15, 0.2) is 17.5 Å². The molecule has 3 heterocycles. The van der Waals surface area contributed by atoms with Gasteiger partial charge in [-0.3, -0.25) is 0 Å². The van der Waals surface area contributed by atoms with E-state index < -0.39 is 11.7 Å². The third-order valence-electron chi connectivity index (χ3n) is 14.0. The number of halogens is 3. The highest BCUT2D eigenvalue weighted by Crippen LogP contribution is 2.45. The normalized spacial score (nSPS) is 11.6. The molecule has 0 radical (unpaired) electrons. The van der Waals surface area contributed by atoms with E-state index in [1.165, 1.54) is 6.07 Å². The van der Waals surface area contributed by atoms with Crippen LogP contribution in [0, 0.1) is 22.7 Å². The molecule has 358 valence electrons. The highest BCUT2D eigenvalue weighted by atomic mass is 19.4. The summed E-state index contributed by atoms with van der Waals surface area (Å²) in [6.07, 6.45) is -4.68. The number of nitrogens with zero attached hydrogens (tertiary/aromatic N) is 7. The first kappa shape index (κ1) is 45.4. The van der Waals surface area contributed by atoms with E-state index in [2.05, 4.69) is 34.9 Å². The number of hydrogen-bond donors (Lipinski definition) is 0. The average Bonchev–Trinajstić information content (AvgIpc) is 3.99. The lowest BCUT2D eigenvalue weighted by Gasteiger charge is -2.21. The number of hydrogen-bond acceptors (Lipinski definition) is 5. The van der Waals surface area contributed by atoms with Gasteiger partial charge in [0.1, 0.15) is 0 Å². The second-order valence-electron chi connectivity index (χ2n) is 18.6. The molecular formula is C66H38F3N7. The molecular weight excluding hydrogens is 948 g/mol. The Labute approximate surface area is 433 Å². The Bertz CT molecular complexity index is 4480. The van der Waals surface area contributed by atoms with Crippen LogP contribution in [0.5, 0.6) is 0 Å². The number of benzene rings is 10. The van der Waals surface area contributed by atoms with E-state index in [4.69, 9.17) is 15.0 Å². The van der Waals surface area contributed by atoms with Crippen LogP contribution in [0.15, 0.2) is 231 Å². The lowest BCUT2D eigenvalue weighted by Crippen LogP contribution is -2.08. The number of alkyl halides is 3.